The van der Waals surface area contributed by atoms with Crippen molar-refractivity contribution in [3.63, 3.8) is 0 Å². The van der Waals surface area contributed by atoms with Crippen LogP contribution in [0.25, 0.3) is 0 Å². The lowest BCUT2D eigenvalue weighted by molar-refractivity contribution is -0.124. The maximum Gasteiger partial charge on any atom is 0.230 e. The third-order valence-electron chi connectivity index (χ3n) is 4.77. The molecule has 146 valence electrons. The fraction of sp³-hybridized carbons (Fsp3) is 0.435. The predicted octanol–water partition coefficient (Wildman–Crippen LogP) is 5.44. The fourth-order valence-electron chi connectivity index (χ4n) is 2.87. The molecule has 1 amide bonds. The Morgan fingerprint density at radius 2 is 1.63 bits per heavy atom. The Morgan fingerprint density at radius 3 is 2.30 bits per heavy atom. The van der Waals surface area contributed by atoms with E-state index in [1.54, 1.807) is 7.11 Å². The molecule has 2 aromatic rings. The number of hydrogen-bond acceptors (Lipinski definition) is 3. The number of nitrogens with one attached hydrogen (secondary N) is 1. The Labute approximate surface area is 162 Å². The Kier molecular flexibility index (Phi) is 6.89. The lowest BCUT2D eigenvalue weighted by atomic mass is 9.87. The van der Waals surface area contributed by atoms with Gasteiger partial charge in [-0.3, -0.25) is 4.79 Å². The van der Waals surface area contributed by atoms with Crippen LogP contribution in [0.2, 0.25) is 0 Å². The first-order chi connectivity index (χ1) is 12.7. The first-order valence-electron chi connectivity index (χ1n) is 9.39. The highest BCUT2D eigenvalue weighted by Crippen LogP contribution is 2.30. The van der Waals surface area contributed by atoms with Crippen LogP contribution in [0.4, 0.5) is 5.69 Å². The summed E-state index contributed by atoms with van der Waals surface area (Å²) in [5.74, 6) is 1.58. The highest BCUT2D eigenvalue weighted by Gasteiger charge is 2.28. The number of aryl methyl sites for hydroxylation is 3. The first-order valence-corrected chi connectivity index (χ1v) is 9.39. The lowest BCUT2D eigenvalue weighted by Gasteiger charge is -2.24. The molecular weight excluding hydrogens is 338 g/mol. The maximum atomic E-state index is 12.7. The van der Waals surface area contributed by atoms with E-state index >= 15 is 0 Å². The third-order valence-corrected chi connectivity index (χ3v) is 4.77. The molecule has 0 spiro atoms. The first kappa shape index (κ1) is 20.8. The monoisotopic (exact) mass is 369 g/mol. The van der Waals surface area contributed by atoms with Crippen LogP contribution in [0.1, 0.15) is 43.4 Å². The molecule has 0 aliphatic heterocycles. The van der Waals surface area contributed by atoms with Gasteiger partial charge in [-0.15, -0.1) is 0 Å². The summed E-state index contributed by atoms with van der Waals surface area (Å²) >= 11 is 0. The van der Waals surface area contributed by atoms with E-state index in [1.165, 1.54) is 5.56 Å². The minimum atomic E-state index is -0.499. The van der Waals surface area contributed by atoms with E-state index in [-0.39, 0.29) is 5.91 Å². The number of ether oxygens (including phenoxy) is 2. The van der Waals surface area contributed by atoms with Crippen molar-refractivity contribution in [1.29, 1.82) is 0 Å². The van der Waals surface area contributed by atoms with Crippen LogP contribution in [-0.4, -0.2) is 19.6 Å². The van der Waals surface area contributed by atoms with Gasteiger partial charge in [-0.05, 0) is 68.5 Å². The maximum absolute atomic E-state index is 12.7. The van der Waals surface area contributed by atoms with Gasteiger partial charge in [0.15, 0.2) is 0 Å². The lowest BCUT2D eigenvalue weighted by Crippen LogP contribution is -2.31. The number of rotatable bonds is 8. The summed E-state index contributed by atoms with van der Waals surface area (Å²) in [5.41, 5.74) is 3.60. The van der Waals surface area contributed by atoms with E-state index in [4.69, 9.17) is 9.47 Å². The molecule has 4 nitrogen and oxygen atoms in total. The number of benzene rings is 2. The van der Waals surface area contributed by atoms with E-state index in [9.17, 15) is 4.79 Å². The van der Waals surface area contributed by atoms with Crippen molar-refractivity contribution in [2.24, 2.45) is 5.41 Å². The molecule has 1 N–H and O–H groups in total. The summed E-state index contributed by atoms with van der Waals surface area (Å²) < 4.78 is 11.3. The second-order valence-electron chi connectivity index (χ2n) is 7.76. The van der Waals surface area contributed by atoms with Crippen molar-refractivity contribution in [2.45, 2.75) is 47.5 Å². The van der Waals surface area contributed by atoms with Gasteiger partial charge in [-0.25, -0.2) is 0 Å². The molecule has 0 saturated heterocycles. The van der Waals surface area contributed by atoms with Crippen LogP contribution in [0, 0.1) is 26.2 Å². The Morgan fingerprint density at radius 1 is 1.00 bits per heavy atom. The van der Waals surface area contributed by atoms with E-state index < -0.39 is 5.41 Å². The molecule has 27 heavy (non-hydrogen) atoms. The summed E-state index contributed by atoms with van der Waals surface area (Å²) in [4.78, 5) is 12.7. The molecule has 2 rings (SSSR count). The molecule has 0 bridgehead atoms. The Balaban J connectivity index is 1.90. The van der Waals surface area contributed by atoms with Crippen LogP contribution in [0.5, 0.6) is 11.5 Å². The largest absolute Gasteiger partial charge is 0.495 e. The summed E-state index contributed by atoms with van der Waals surface area (Å²) in [6.07, 6.45) is 1.54. The molecule has 4 heteroatoms. The summed E-state index contributed by atoms with van der Waals surface area (Å²) in [6, 6.07) is 12.0. The number of hydrogen-bond donors (Lipinski definition) is 1. The van der Waals surface area contributed by atoms with Crippen LogP contribution in [-0.2, 0) is 4.79 Å². The SMILES string of the molecule is COc1cc(C)ccc1NC(=O)C(C)(C)CCCOc1cc(C)ccc1C. The number of carbonyl (C=O) groups is 1. The summed E-state index contributed by atoms with van der Waals surface area (Å²) in [6.45, 7) is 10.6. The van der Waals surface area contributed by atoms with Crippen LogP contribution < -0.4 is 14.8 Å². The number of amides is 1. The molecule has 0 saturated carbocycles. The quantitative estimate of drug-likeness (QED) is 0.630. The van der Waals surface area contributed by atoms with Crippen LogP contribution >= 0.6 is 0 Å². The topological polar surface area (TPSA) is 47.6 Å². The molecule has 2 aromatic carbocycles. The minimum Gasteiger partial charge on any atom is -0.495 e. The van der Waals surface area contributed by atoms with Gasteiger partial charge in [0.25, 0.3) is 0 Å². The van der Waals surface area contributed by atoms with Gasteiger partial charge in [-0.2, -0.15) is 0 Å². The van der Waals surface area contributed by atoms with Crippen molar-refractivity contribution in [2.75, 3.05) is 19.0 Å². The van der Waals surface area contributed by atoms with Gasteiger partial charge in [-0.1, -0.05) is 32.0 Å². The molecule has 0 radical (unpaired) electrons. The zero-order chi connectivity index (χ0) is 20.0. The molecule has 0 aliphatic carbocycles. The normalized spacial score (nSPS) is 11.2. The Hall–Kier alpha value is -2.49. The summed E-state index contributed by atoms with van der Waals surface area (Å²) in [7, 11) is 1.61. The summed E-state index contributed by atoms with van der Waals surface area (Å²) in [5, 5.41) is 3.00. The van der Waals surface area contributed by atoms with E-state index in [0.29, 0.717) is 18.0 Å². The van der Waals surface area contributed by atoms with Crippen molar-refractivity contribution >= 4 is 11.6 Å². The van der Waals surface area contributed by atoms with Crippen molar-refractivity contribution in [3.05, 3.63) is 53.1 Å². The fourth-order valence-corrected chi connectivity index (χ4v) is 2.87. The highest BCUT2D eigenvalue weighted by molar-refractivity contribution is 5.96. The standard InChI is InChI=1S/C23H31NO3/c1-16-8-10-18(3)20(14-16)27-13-7-12-23(4,5)22(25)24-19-11-9-17(2)15-21(19)26-6/h8-11,14-15H,7,12-13H2,1-6H3,(H,24,25). The molecule has 0 fully saturated rings. The van der Waals surface area contributed by atoms with E-state index in [1.807, 2.05) is 45.9 Å². The average molecular weight is 370 g/mol. The second-order valence-corrected chi connectivity index (χ2v) is 7.76. The van der Waals surface area contributed by atoms with Gasteiger partial charge in [0.05, 0.1) is 19.4 Å². The van der Waals surface area contributed by atoms with Crippen LogP contribution in [0.15, 0.2) is 36.4 Å². The number of carbonyl (C=O) groups excluding carboxylic acids is 1. The molecule has 0 atom stereocenters. The molecule has 0 aliphatic rings. The predicted molar refractivity (Wildman–Crippen MR) is 111 cm³/mol. The number of anilines is 1. The molecule has 0 unspecified atom stereocenters. The second kappa shape index (κ2) is 8.94. The highest BCUT2D eigenvalue weighted by atomic mass is 16.5. The molecule has 0 aromatic heterocycles. The van der Waals surface area contributed by atoms with Crippen molar-refractivity contribution in [3.8, 4) is 11.5 Å². The van der Waals surface area contributed by atoms with Gasteiger partial charge < -0.3 is 14.8 Å². The smallest absolute Gasteiger partial charge is 0.230 e. The van der Waals surface area contributed by atoms with Crippen molar-refractivity contribution < 1.29 is 14.3 Å². The number of methoxy groups -OCH3 is 1. The third kappa shape index (κ3) is 5.75. The van der Waals surface area contributed by atoms with E-state index in [2.05, 4.69) is 30.4 Å². The average Bonchev–Trinajstić information content (AvgIpc) is 2.62. The van der Waals surface area contributed by atoms with Crippen molar-refractivity contribution in [1.82, 2.24) is 0 Å². The van der Waals surface area contributed by atoms with Crippen LogP contribution in [0.3, 0.4) is 0 Å². The Bertz CT molecular complexity index is 796. The molecular formula is C23H31NO3. The minimum absolute atomic E-state index is 0.0172. The van der Waals surface area contributed by atoms with Gasteiger partial charge >= 0.3 is 0 Å². The van der Waals surface area contributed by atoms with E-state index in [0.717, 1.165) is 29.7 Å². The molecule has 0 heterocycles. The zero-order valence-corrected chi connectivity index (χ0v) is 17.3. The zero-order valence-electron chi connectivity index (χ0n) is 17.3. The van der Waals surface area contributed by atoms with Gasteiger partial charge in [0.2, 0.25) is 5.91 Å². The van der Waals surface area contributed by atoms with Gasteiger partial charge in [0, 0.05) is 5.41 Å². The van der Waals surface area contributed by atoms with Gasteiger partial charge in [0.1, 0.15) is 11.5 Å².